The molecule has 6 aromatic rings. The van der Waals surface area contributed by atoms with E-state index in [0.717, 1.165) is 27.8 Å². The molecule has 13 nitrogen and oxygen atoms in total. The highest BCUT2D eigenvalue weighted by atomic mass is 32.1. The van der Waals surface area contributed by atoms with Gasteiger partial charge in [0.2, 0.25) is 0 Å². The van der Waals surface area contributed by atoms with Crippen LogP contribution in [-0.4, -0.2) is 76.5 Å². The lowest BCUT2D eigenvalue weighted by Gasteiger charge is -2.18. The molecule has 52 heavy (non-hydrogen) atoms. The highest BCUT2D eigenvalue weighted by Gasteiger charge is 2.27. The van der Waals surface area contributed by atoms with Gasteiger partial charge in [-0.25, -0.2) is 29.9 Å². The summed E-state index contributed by atoms with van der Waals surface area (Å²) in [6, 6.07) is 1.74. The molecule has 0 saturated carbocycles. The van der Waals surface area contributed by atoms with E-state index in [1.54, 1.807) is 23.1 Å². The van der Waals surface area contributed by atoms with Gasteiger partial charge in [0, 0.05) is 44.6 Å². The Morgan fingerprint density at radius 3 is 2.08 bits per heavy atom. The zero-order valence-electron chi connectivity index (χ0n) is 28.6. The number of rotatable bonds is 14. The monoisotopic (exact) mass is 794 g/mol. The number of aryl methyl sites for hydroxylation is 1. The fraction of sp³-hybridized carbons (Fsp3) is 0.324. The summed E-state index contributed by atoms with van der Waals surface area (Å²) >= 11 is 6.84. The number of aliphatic hydroxyl groups is 2. The molecule has 6 rings (SSSR count). The molecular weight excluding hydrogens is 761 g/mol. The Morgan fingerprint density at radius 2 is 1.38 bits per heavy atom. The lowest BCUT2D eigenvalue weighted by molar-refractivity contribution is -0.111. The summed E-state index contributed by atoms with van der Waals surface area (Å²) in [6.45, 7) is 9.10. The largest absolute Gasteiger partial charge is 0.391 e. The predicted octanol–water partition coefficient (Wildman–Crippen LogP) is 6.07. The first kappa shape index (κ1) is 37.6. The molecule has 0 aliphatic rings. The fourth-order valence-electron chi connectivity index (χ4n) is 4.90. The number of pyridine rings is 1. The maximum atomic E-state index is 13.2. The molecule has 0 unspecified atom stereocenters. The van der Waals surface area contributed by atoms with E-state index in [9.17, 15) is 24.6 Å². The number of hydrogen-bond acceptors (Lipinski definition) is 16. The smallest absolute Gasteiger partial charge is 0.271 e. The van der Waals surface area contributed by atoms with Gasteiger partial charge in [0.25, 0.3) is 11.8 Å². The van der Waals surface area contributed by atoms with E-state index in [1.165, 1.54) is 63.6 Å². The number of carbonyl (C=O) groups is 3. The Bertz CT molecular complexity index is 2200. The van der Waals surface area contributed by atoms with Gasteiger partial charge in [-0.05, 0) is 38.8 Å². The highest BCUT2D eigenvalue weighted by molar-refractivity contribution is 7.15. The quantitative estimate of drug-likeness (QED) is 0.0936. The van der Waals surface area contributed by atoms with Gasteiger partial charge in [-0.2, -0.15) is 0 Å². The van der Waals surface area contributed by atoms with Crippen LogP contribution in [0, 0.1) is 12.8 Å². The summed E-state index contributed by atoms with van der Waals surface area (Å²) < 4.78 is 0. The van der Waals surface area contributed by atoms with Gasteiger partial charge < -0.3 is 25.6 Å². The number of amides is 2. The minimum atomic E-state index is -1.08. The molecular formula is C34H34N8O5S5. The van der Waals surface area contributed by atoms with Gasteiger partial charge in [0.15, 0.2) is 0 Å². The number of aldehydes is 1. The zero-order chi connectivity index (χ0) is 37.1. The minimum absolute atomic E-state index is 0.0697. The topological polar surface area (TPSA) is 193 Å². The first-order valence-electron chi connectivity index (χ1n) is 16.1. The number of aliphatic hydroxyl groups excluding tert-OH is 2. The average molecular weight is 795 g/mol. The molecule has 18 heteroatoms. The number of hydrogen-bond donors (Lipinski definition) is 4. The van der Waals surface area contributed by atoms with Crippen LogP contribution in [-0.2, 0) is 11.2 Å². The van der Waals surface area contributed by atoms with E-state index in [2.05, 4.69) is 39.4 Å². The molecule has 6 aromatic heterocycles. The minimum Gasteiger partial charge on any atom is -0.391 e. The van der Waals surface area contributed by atoms with Gasteiger partial charge >= 0.3 is 0 Å². The molecule has 4 N–H and O–H groups in total. The van der Waals surface area contributed by atoms with Gasteiger partial charge in [0.05, 0.1) is 22.9 Å². The summed E-state index contributed by atoms with van der Waals surface area (Å²) in [5, 5.41) is 38.2. The fourth-order valence-corrected chi connectivity index (χ4v) is 9.27. The van der Waals surface area contributed by atoms with Crippen LogP contribution in [0.25, 0.3) is 43.4 Å². The second kappa shape index (κ2) is 16.2. The number of nitrogens with zero attached hydrogens (tertiary/aromatic N) is 6. The summed E-state index contributed by atoms with van der Waals surface area (Å²) in [5.41, 5.74) is 4.09. The SMILES string of the molecule is Cc1csc(-c2csc(-c3ccc(-c4nc(C(=O)N[C@H](C=O)[C@@H](C)O)cs4)c(-c4csc([C@@H](NC(=O)c5csc(CC(C)C)n5)[C@@H](C)O)n4)n3)n2)n1. The van der Waals surface area contributed by atoms with Crippen molar-refractivity contribution >= 4 is 74.8 Å². The number of aromatic nitrogens is 6. The average Bonchev–Trinajstić information content (AvgIpc) is 3.95. The summed E-state index contributed by atoms with van der Waals surface area (Å²) in [5.74, 6) is -0.621. The van der Waals surface area contributed by atoms with E-state index < -0.39 is 36.1 Å². The third-order valence-electron chi connectivity index (χ3n) is 7.55. The molecule has 0 saturated heterocycles. The van der Waals surface area contributed by atoms with Gasteiger partial charge in [0.1, 0.15) is 66.9 Å². The maximum Gasteiger partial charge on any atom is 0.271 e. The van der Waals surface area contributed by atoms with E-state index in [4.69, 9.17) is 15.0 Å². The maximum absolute atomic E-state index is 13.2. The summed E-state index contributed by atoms with van der Waals surface area (Å²) in [7, 11) is 0. The van der Waals surface area contributed by atoms with Crippen molar-refractivity contribution < 1.29 is 24.6 Å². The third kappa shape index (κ3) is 8.54. The van der Waals surface area contributed by atoms with Crippen LogP contribution in [0.2, 0.25) is 0 Å². The van der Waals surface area contributed by atoms with Crippen molar-refractivity contribution in [3.05, 3.63) is 66.1 Å². The number of nitrogens with one attached hydrogen (secondary N) is 2. The van der Waals surface area contributed by atoms with Gasteiger partial charge in [-0.1, -0.05) is 13.8 Å². The molecule has 0 aromatic carbocycles. The molecule has 0 bridgehead atoms. The van der Waals surface area contributed by atoms with Crippen molar-refractivity contribution in [3.63, 3.8) is 0 Å². The molecule has 0 spiro atoms. The summed E-state index contributed by atoms with van der Waals surface area (Å²) in [4.78, 5) is 65.8. The van der Waals surface area contributed by atoms with Crippen molar-refractivity contribution in [2.45, 2.75) is 65.3 Å². The van der Waals surface area contributed by atoms with Crippen LogP contribution < -0.4 is 10.6 Å². The number of thiazole rings is 5. The van der Waals surface area contributed by atoms with Crippen LogP contribution in [0.4, 0.5) is 0 Å². The Balaban J connectivity index is 1.35. The molecule has 0 radical (unpaired) electrons. The van der Waals surface area contributed by atoms with Crippen LogP contribution >= 0.6 is 56.7 Å². The van der Waals surface area contributed by atoms with Gasteiger partial charge in [-0.15, -0.1) is 56.7 Å². The van der Waals surface area contributed by atoms with Crippen LogP contribution in [0.3, 0.4) is 0 Å². The third-order valence-corrected chi connectivity index (χ3v) is 12.1. The first-order valence-corrected chi connectivity index (χ1v) is 20.5. The molecule has 0 fully saturated rings. The highest BCUT2D eigenvalue weighted by Crippen LogP contribution is 2.38. The van der Waals surface area contributed by atoms with Crippen molar-refractivity contribution in [3.8, 4) is 43.4 Å². The van der Waals surface area contributed by atoms with Crippen LogP contribution in [0.1, 0.15) is 70.4 Å². The number of carbonyl (C=O) groups excluding carboxylic acids is 3. The molecule has 6 heterocycles. The normalized spacial score (nSPS) is 13.8. The van der Waals surface area contributed by atoms with Crippen molar-refractivity contribution in [2.75, 3.05) is 0 Å². The lowest BCUT2D eigenvalue weighted by Crippen LogP contribution is -2.43. The molecule has 2 amide bonds. The van der Waals surface area contributed by atoms with E-state index >= 15 is 0 Å². The molecule has 0 aliphatic heterocycles. The molecule has 270 valence electrons. The standard InChI is InChI=1S/C34H34N8O5S5/c1-15(2)8-26-36-23(12-48-26)30(47)42-27(18(5)45)34-39-22(11-52-34)28-19(31-40-24(13-50-31)29(46)38-21(9-43)17(4)44)6-7-20(37-28)32-41-25(14-51-32)33-35-16(3)10-49-33/h6-7,9-15,17-18,21,27,44-45H,8H2,1-5H3,(H,38,46)(H,42,47)/t17-,18-,21-,27+/m1/s1. The van der Waals surface area contributed by atoms with E-state index in [1.807, 2.05) is 29.8 Å². The Morgan fingerprint density at radius 1 is 0.712 bits per heavy atom. The lowest BCUT2D eigenvalue weighted by atomic mass is 10.1. The van der Waals surface area contributed by atoms with Crippen LogP contribution in [0.5, 0.6) is 0 Å². The zero-order valence-corrected chi connectivity index (χ0v) is 32.6. The second-order valence-electron chi connectivity index (χ2n) is 12.3. The first-order chi connectivity index (χ1) is 24.9. The van der Waals surface area contributed by atoms with Gasteiger partial charge in [-0.3, -0.25) is 9.59 Å². The Hall–Kier alpha value is -4.17. The Kier molecular flexibility index (Phi) is 11.7. The Labute approximate surface area is 319 Å². The van der Waals surface area contributed by atoms with Crippen molar-refractivity contribution in [1.82, 2.24) is 40.5 Å². The van der Waals surface area contributed by atoms with Crippen molar-refractivity contribution in [2.24, 2.45) is 5.92 Å². The van der Waals surface area contributed by atoms with E-state index in [0.29, 0.717) is 49.9 Å². The summed E-state index contributed by atoms with van der Waals surface area (Å²) in [6.07, 6.45) is -0.816. The van der Waals surface area contributed by atoms with E-state index in [-0.39, 0.29) is 11.4 Å². The molecule has 0 aliphatic carbocycles. The second-order valence-corrected chi connectivity index (χ2v) is 16.7. The van der Waals surface area contributed by atoms with Crippen molar-refractivity contribution in [1.29, 1.82) is 0 Å². The van der Waals surface area contributed by atoms with Crippen LogP contribution in [0.15, 0.2) is 39.0 Å². The molecule has 4 atom stereocenters. The predicted molar refractivity (Wildman–Crippen MR) is 205 cm³/mol.